The maximum Gasteiger partial charge on any atom is 0.193 e. The lowest BCUT2D eigenvalue weighted by Crippen LogP contribution is -2.39. The van der Waals surface area contributed by atoms with E-state index in [1.165, 1.54) is 0 Å². The van der Waals surface area contributed by atoms with Crippen molar-refractivity contribution in [3.63, 3.8) is 0 Å². The van der Waals surface area contributed by atoms with Crippen molar-refractivity contribution in [2.45, 2.75) is 39.0 Å². The molecule has 25 heavy (non-hydrogen) atoms. The van der Waals surface area contributed by atoms with Crippen LogP contribution in [-0.2, 0) is 16.4 Å². The van der Waals surface area contributed by atoms with Crippen LogP contribution in [0.2, 0.25) is 0 Å². The summed E-state index contributed by atoms with van der Waals surface area (Å²) in [6, 6.07) is 7.82. The second-order valence-corrected chi connectivity index (χ2v) is 9.70. The zero-order chi connectivity index (χ0) is 19.1. The van der Waals surface area contributed by atoms with Gasteiger partial charge >= 0.3 is 0 Å². The zero-order valence-electron chi connectivity index (χ0n) is 16.2. The number of methoxy groups -OCH3 is 1. The molecule has 0 saturated carbocycles. The highest BCUT2D eigenvalue weighted by molar-refractivity contribution is 7.92. The van der Waals surface area contributed by atoms with Crippen LogP contribution in [0.4, 0.5) is 0 Å². The van der Waals surface area contributed by atoms with Gasteiger partial charge in [-0.05, 0) is 33.8 Å². The predicted molar refractivity (Wildman–Crippen MR) is 104 cm³/mol. The summed E-state index contributed by atoms with van der Waals surface area (Å²) in [5, 5.41) is 3.21. The number of guanidine groups is 1. The molecule has 1 N–H and O–H groups in total. The van der Waals surface area contributed by atoms with Crippen LogP contribution in [0.5, 0.6) is 5.75 Å². The van der Waals surface area contributed by atoms with Crippen molar-refractivity contribution in [3.05, 3.63) is 29.8 Å². The number of para-hydroxylation sites is 1. The first-order valence-corrected chi connectivity index (χ1v) is 10.1. The van der Waals surface area contributed by atoms with Gasteiger partial charge in [-0.2, -0.15) is 0 Å². The van der Waals surface area contributed by atoms with E-state index in [0.29, 0.717) is 19.0 Å². The van der Waals surface area contributed by atoms with Crippen LogP contribution in [0.25, 0.3) is 0 Å². The molecule has 1 rings (SSSR count). The van der Waals surface area contributed by atoms with Crippen molar-refractivity contribution < 1.29 is 13.2 Å². The molecule has 0 unspecified atom stereocenters. The normalized spacial score (nSPS) is 12.8. The van der Waals surface area contributed by atoms with Crippen LogP contribution < -0.4 is 10.1 Å². The Bertz CT molecular complexity index is 679. The van der Waals surface area contributed by atoms with Gasteiger partial charge in [-0.15, -0.1) is 0 Å². The molecule has 6 nitrogen and oxygen atoms in total. The largest absolute Gasteiger partial charge is 0.496 e. The van der Waals surface area contributed by atoms with E-state index in [-0.39, 0.29) is 12.3 Å². The molecule has 1 aromatic carbocycles. The van der Waals surface area contributed by atoms with Crippen LogP contribution in [-0.4, -0.2) is 57.0 Å². The van der Waals surface area contributed by atoms with Crippen LogP contribution in [0.15, 0.2) is 29.3 Å². The molecule has 7 heteroatoms. The fraction of sp³-hybridized carbons (Fsp3) is 0.611. The van der Waals surface area contributed by atoms with Crippen molar-refractivity contribution >= 4 is 15.8 Å². The number of benzene rings is 1. The number of nitrogens with zero attached hydrogens (tertiary/aromatic N) is 2. The molecular weight excluding hydrogens is 338 g/mol. The maximum absolute atomic E-state index is 12.2. The van der Waals surface area contributed by atoms with Crippen LogP contribution >= 0.6 is 0 Å². The number of nitrogens with one attached hydrogen (secondary N) is 1. The third kappa shape index (κ3) is 6.23. The van der Waals surface area contributed by atoms with Crippen LogP contribution in [0.3, 0.4) is 0 Å². The molecule has 0 radical (unpaired) electrons. The van der Waals surface area contributed by atoms with Crippen LogP contribution in [0.1, 0.15) is 33.3 Å². The molecule has 1 aromatic rings. The molecular formula is C18H31N3O3S. The molecule has 142 valence electrons. The fourth-order valence-corrected chi connectivity index (χ4v) is 3.16. The molecule has 0 heterocycles. The van der Waals surface area contributed by atoms with E-state index in [0.717, 1.165) is 11.3 Å². The fourth-order valence-electron chi connectivity index (χ4n) is 2.21. The minimum Gasteiger partial charge on any atom is -0.496 e. The Morgan fingerprint density at radius 3 is 2.48 bits per heavy atom. The van der Waals surface area contributed by atoms with E-state index in [1.54, 1.807) is 27.9 Å². The second-order valence-electron chi connectivity index (χ2n) is 6.83. The number of rotatable bonds is 7. The smallest absolute Gasteiger partial charge is 0.193 e. The Kier molecular flexibility index (Phi) is 7.73. The molecule has 0 aliphatic heterocycles. The summed E-state index contributed by atoms with van der Waals surface area (Å²) in [5.74, 6) is 1.53. The van der Waals surface area contributed by atoms with Gasteiger partial charge in [0.05, 0.1) is 24.2 Å². The quantitative estimate of drug-likeness (QED) is 0.590. The highest BCUT2D eigenvalue weighted by atomic mass is 32.2. The van der Waals surface area contributed by atoms with Crippen LogP contribution in [0, 0.1) is 0 Å². The number of hydrogen-bond donors (Lipinski definition) is 1. The predicted octanol–water partition coefficient (Wildman–Crippen LogP) is 2.31. The zero-order valence-corrected chi connectivity index (χ0v) is 17.0. The summed E-state index contributed by atoms with van der Waals surface area (Å²) in [4.78, 5) is 6.44. The maximum atomic E-state index is 12.2. The molecule has 0 atom stereocenters. The van der Waals surface area contributed by atoms with Gasteiger partial charge in [-0.3, -0.25) is 4.99 Å². The third-order valence-electron chi connectivity index (χ3n) is 3.85. The average molecular weight is 370 g/mol. The minimum atomic E-state index is -3.18. The summed E-state index contributed by atoms with van der Waals surface area (Å²) >= 11 is 0. The van der Waals surface area contributed by atoms with Crippen molar-refractivity contribution in [3.8, 4) is 5.75 Å². The summed E-state index contributed by atoms with van der Waals surface area (Å²) in [6.45, 7) is 8.68. The van der Waals surface area contributed by atoms with Gasteiger partial charge in [-0.1, -0.05) is 18.2 Å². The lowest BCUT2D eigenvalue weighted by Gasteiger charge is -2.23. The molecule has 0 aromatic heterocycles. The molecule has 0 aliphatic rings. The van der Waals surface area contributed by atoms with Crippen molar-refractivity contribution in [2.24, 2.45) is 4.99 Å². The SMILES string of the molecule is CCNC(=NCCS(=O)(=O)C(C)(C)C)N(C)Cc1ccccc1OC. The molecule has 0 bridgehead atoms. The van der Waals surface area contributed by atoms with Gasteiger partial charge in [0, 0.05) is 25.7 Å². The van der Waals surface area contributed by atoms with Gasteiger partial charge in [0.15, 0.2) is 15.8 Å². The van der Waals surface area contributed by atoms with E-state index < -0.39 is 14.6 Å². The van der Waals surface area contributed by atoms with Crippen molar-refractivity contribution in [2.75, 3.05) is 33.0 Å². The summed E-state index contributed by atoms with van der Waals surface area (Å²) in [7, 11) is 0.394. The first-order chi connectivity index (χ1) is 11.6. The lowest BCUT2D eigenvalue weighted by atomic mass is 10.2. The number of hydrogen-bond acceptors (Lipinski definition) is 4. The van der Waals surface area contributed by atoms with Gasteiger partial charge < -0.3 is 15.0 Å². The van der Waals surface area contributed by atoms with E-state index >= 15 is 0 Å². The lowest BCUT2D eigenvalue weighted by molar-refractivity contribution is 0.396. The first-order valence-electron chi connectivity index (χ1n) is 8.46. The number of ether oxygens (including phenoxy) is 1. The Balaban J connectivity index is 2.84. The Morgan fingerprint density at radius 2 is 1.92 bits per heavy atom. The molecule has 0 fully saturated rings. The minimum absolute atomic E-state index is 0.0356. The standard InChI is InChI=1S/C18H31N3O3S/c1-7-19-17(20-12-13-25(22,23)18(2,3)4)21(5)14-15-10-8-9-11-16(15)24-6/h8-11H,7,12-14H2,1-6H3,(H,19,20). The first kappa shape index (κ1) is 21.3. The summed E-state index contributed by atoms with van der Waals surface area (Å²) in [5.41, 5.74) is 1.04. The van der Waals surface area contributed by atoms with E-state index in [4.69, 9.17) is 4.74 Å². The highest BCUT2D eigenvalue weighted by Crippen LogP contribution is 2.19. The Labute approximate surface area is 152 Å². The summed E-state index contributed by atoms with van der Waals surface area (Å²) in [6.07, 6.45) is 0. The number of aliphatic imine (C=N–C) groups is 1. The van der Waals surface area contributed by atoms with Gasteiger partial charge in [0.2, 0.25) is 0 Å². The monoisotopic (exact) mass is 369 g/mol. The van der Waals surface area contributed by atoms with Gasteiger partial charge in [-0.25, -0.2) is 8.42 Å². The molecule has 0 spiro atoms. The van der Waals surface area contributed by atoms with Crippen molar-refractivity contribution in [1.82, 2.24) is 10.2 Å². The molecule has 0 aliphatic carbocycles. The van der Waals surface area contributed by atoms with E-state index in [2.05, 4.69) is 10.3 Å². The third-order valence-corrected chi connectivity index (χ3v) is 6.44. The summed E-state index contributed by atoms with van der Waals surface area (Å²) < 4.78 is 29.1. The topological polar surface area (TPSA) is 71.0 Å². The van der Waals surface area contributed by atoms with Gasteiger partial charge in [0.25, 0.3) is 0 Å². The molecule has 0 amide bonds. The van der Waals surface area contributed by atoms with Gasteiger partial charge in [0.1, 0.15) is 5.75 Å². The van der Waals surface area contributed by atoms with Crippen molar-refractivity contribution in [1.29, 1.82) is 0 Å². The second kappa shape index (κ2) is 9.08. The highest BCUT2D eigenvalue weighted by Gasteiger charge is 2.28. The number of sulfone groups is 1. The van der Waals surface area contributed by atoms with E-state index in [1.807, 2.05) is 43.1 Å². The average Bonchev–Trinajstić information content (AvgIpc) is 2.53. The Hall–Kier alpha value is -1.76. The Morgan fingerprint density at radius 1 is 1.28 bits per heavy atom. The molecule has 0 saturated heterocycles. The van der Waals surface area contributed by atoms with E-state index in [9.17, 15) is 8.42 Å².